The number of aryl methyl sites for hydroxylation is 2. The van der Waals surface area contributed by atoms with Crippen LogP contribution < -0.4 is 4.18 Å². The van der Waals surface area contributed by atoms with Crippen molar-refractivity contribution in [2.45, 2.75) is 13.8 Å². The predicted molar refractivity (Wildman–Crippen MR) is 93.2 cm³/mol. The Bertz CT molecular complexity index is 718. The molecule has 0 saturated heterocycles. The van der Waals surface area contributed by atoms with Gasteiger partial charge in [-0.1, -0.05) is 6.07 Å². The fraction of sp³-hybridized carbons (Fsp3) is 0.235. The summed E-state index contributed by atoms with van der Waals surface area (Å²) >= 11 is 3.78. The Kier molecular flexibility index (Phi) is 7.77. The van der Waals surface area contributed by atoms with Gasteiger partial charge in [0.1, 0.15) is 11.4 Å². The summed E-state index contributed by atoms with van der Waals surface area (Å²) in [5, 5.41) is 0. The first-order valence-corrected chi connectivity index (χ1v) is 7.29. The number of methoxy groups -OCH3 is 2. The van der Waals surface area contributed by atoms with Crippen LogP contribution in [-0.2, 0) is 14.3 Å². The summed E-state index contributed by atoms with van der Waals surface area (Å²) in [7, 11) is 2.66. The molecule has 0 N–H and O–H groups in total. The van der Waals surface area contributed by atoms with Crippen LogP contribution >= 0.6 is 12.9 Å². The Morgan fingerprint density at radius 1 is 1.17 bits per heavy atom. The first-order chi connectivity index (χ1) is 11.5. The van der Waals surface area contributed by atoms with Gasteiger partial charge in [-0.2, -0.15) is 0 Å². The lowest BCUT2D eigenvalue weighted by Crippen LogP contribution is -2.05. The molecule has 0 fully saturated rings. The number of aromatic nitrogens is 1. The first kappa shape index (κ1) is 19.5. The van der Waals surface area contributed by atoms with Crippen LogP contribution in [0.5, 0.6) is 5.75 Å². The molecular weight excluding hydrogens is 330 g/mol. The Labute approximate surface area is 146 Å². The van der Waals surface area contributed by atoms with Crippen LogP contribution in [0, 0.1) is 13.8 Å². The highest BCUT2D eigenvalue weighted by Crippen LogP contribution is 2.28. The highest BCUT2D eigenvalue weighted by molar-refractivity contribution is 7.75. The van der Waals surface area contributed by atoms with E-state index in [0.717, 1.165) is 22.4 Å². The van der Waals surface area contributed by atoms with Gasteiger partial charge in [0.15, 0.2) is 0 Å². The lowest BCUT2D eigenvalue weighted by molar-refractivity contribution is -0.126. The summed E-state index contributed by atoms with van der Waals surface area (Å²) in [5.41, 5.74) is 4.02. The maximum absolute atomic E-state index is 11.6. The maximum atomic E-state index is 11.6. The molecule has 1 aromatic heterocycles. The van der Waals surface area contributed by atoms with Crippen LogP contribution in [0.15, 0.2) is 30.3 Å². The molecule has 0 aliphatic carbocycles. The molecular formula is C17H19NO5S. The summed E-state index contributed by atoms with van der Waals surface area (Å²) in [4.78, 5) is 24.8. The molecule has 0 spiro atoms. The van der Waals surface area contributed by atoms with E-state index in [1.54, 1.807) is 6.07 Å². The molecule has 24 heavy (non-hydrogen) atoms. The number of hydrogen-bond acceptors (Lipinski definition) is 7. The Morgan fingerprint density at radius 3 is 2.33 bits per heavy atom. The number of carbonyl (C=O) groups is 2. The number of benzene rings is 1. The van der Waals surface area contributed by atoms with Crippen molar-refractivity contribution < 1.29 is 23.2 Å². The van der Waals surface area contributed by atoms with Crippen LogP contribution in [0.4, 0.5) is 0 Å². The Hall–Kier alpha value is -2.54. The van der Waals surface area contributed by atoms with E-state index >= 15 is 0 Å². The van der Waals surface area contributed by atoms with Gasteiger partial charge in [0.05, 0.1) is 14.2 Å². The van der Waals surface area contributed by atoms with Gasteiger partial charge in [0.25, 0.3) is 6.47 Å². The van der Waals surface area contributed by atoms with E-state index in [4.69, 9.17) is 13.7 Å². The van der Waals surface area contributed by atoms with Crippen molar-refractivity contribution >= 4 is 25.4 Å². The third-order valence-corrected chi connectivity index (χ3v) is 3.27. The van der Waals surface area contributed by atoms with Gasteiger partial charge in [0.2, 0.25) is 0 Å². The molecule has 0 saturated carbocycles. The number of rotatable bonds is 4. The number of thiol groups is 1. The van der Waals surface area contributed by atoms with Gasteiger partial charge in [-0.15, -0.1) is 0 Å². The van der Waals surface area contributed by atoms with Crippen LogP contribution in [-0.4, -0.2) is 31.6 Å². The zero-order valence-corrected chi connectivity index (χ0v) is 14.8. The topological polar surface area (TPSA) is 74.7 Å². The molecule has 0 amide bonds. The standard InChI is InChI=1S/C15H15NO3S.C2H4O2/c1-9-6-12(19-20)4-5-13(9)11-7-10(2)16-14(8-11)15(17)18-3;1-4-2-3/h4-8,20H,1-3H3;2H,1H3. The molecule has 6 nitrogen and oxygen atoms in total. The predicted octanol–water partition coefficient (Wildman–Crippen LogP) is 3.16. The second-order valence-corrected chi connectivity index (χ2v) is 4.96. The number of nitrogens with zero attached hydrogens (tertiary/aromatic N) is 1. The SMILES string of the molecule is COC(=O)c1cc(-c2ccc(OS)cc2C)cc(C)n1.COC=O. The van der Waals surface area contributed by atoms with Gasteiger partial charge in [0, 0.05) is 18.6 Å². The number of esters is 1. The first-order valence-electron chi connectivity index (χ1n) is 6.92. The molecule has 0 unspecified atom stereocenters. The fourth-order valence-electron chi connectivity index (χ4n) is 2.05. The lowest BCUT2D eigenvalue weighted by atomic mass is 10.00. The van der Waals surface area contributed by atoms with Crippen molar-refractivity contribution in [1.29, 1.82) is 0 Å². The van der Waals surface area contributed by atoms with Crippen molar-refractivity contribution in [3.05, 3.63) is 47.3 Å². The quantitative estimate of drug-likeness (QED) is 0.395. The molecule has 0 aliphatic rings. The molecule has 1 aromatic carbocycles. The largest absolute Gasteiger partial charge is 0.471 e. The minimum absolute atomic E-state index is 0.302. The van der Waals surface area contributed by atoms with E-state index in [0.29, 0.717) is 17.9 Å². The molecule has 7 heteroatoms. The minimum Gasteiger partial charge on any atom is -0.471 e. The van der Waals surface area contributed by atoms with E-state index in [2.05, 4.69) is 22.6 Å². The minimum atomic E-state index is -0.442. The van der Waals surface area contributed by atoms with E-state index in [-0.39, 0.29) is 0 Å². The van der Waals surface area contributed by atoms with Gasteiger partial charge in [-0.05, 0) is 54.8 Å². The average molecular weight is 349 g/mol. The molecule has 0 atom stereocenters. The van der Waals surface area contributed by atoms with E-state index in [9.17, 15) is 4.79 Å². The van der Waals surface area contributed by atoms with Crippen molar-refractivity contribution in [2.75, 3.05) is 14.2 Å². The van der Waals surface area contributed by atoms with Gasteiger partial charge in [-0.25, -0.2) is 9.78 Å². The normalized spacial score (nSPS) is 9.38. The third kappa shape index (κ3) is 5.27. The summed E-state index contributed by atoms with van der Waals surface area (Å²) in [6, 6.07) is 9.29. The summed E-state index contributed by atoms with van der Waals surface area (Å²) in [5.74, 6) is 0.233. The van der Waals surface area contributed by atoms with Crippen LogP contribution in [0.1, 0.15) is 21.7 Å². The van der Waals surface area contributed by atoms with E-state index in [1.165, 1.54) is 14.2 Å². The number of carbonyl (C=O) groups excluding carboxylic acids is 2. The summed E-state index contributed by atoms with van der Waals surface area (Å²) in [6.45, 7) is 4.19. The van der Waals surface area contributed by atoms with E-state index in [1.807, 2.05) is 38.1 Å². The van der Waals surface area contributed by atoms with Crippen molar-refractivity contribution in [3.63, 3.8) is 0 Å². The fourth-order valence-corrected chi connectivity index (χ4v) is 2.16. The Morgan fingerprint density at radius 2 is 1.83 bits per heavy atom. The maximum Gasteiger partial charge on any atom is 0.356 e. The molecule has 0 radical (unpaired) electrons. The van der Waals surface area contributed by atoms with Crippen molar-refractivity contribution in [1.82, 2.24) is 4.98 Å². The van der Waals surface area contributed by atoms with Gasteiger partial charge < -0.3 is 13.7 Å². The number of hydrogen-bond donors (Lipinski definition) is 1. The molecule has 1 heterocycles. The molecule has 2 rings (SSSR count). The second kappa shape index (κ2) is 9.57. The monoisotopic (exact) mass is 349 g/mol. The third-order valence-electron chi connectivity index (χ3n) is 3.06. The second-order valence-electron chi connectivity index (χ2n) is 4.77. The summed E-state index contributed by atoms with van der Waals surface area (Å²) < 4.78 is 13.5. The molecule has 2 aromatic rings. The van der Waals surface area contributed by atoms with Crippen LogP contribution in [0.2, 0.25) is 0 Å². The highest BCUT2D eigenvalue weighted by atomic mass is 32.1. The van der Waals surface area contributed by atoms with Crippen molar-refractivity contribution in [3.8, 4) is 16.9 Å². The van der Waals surface area contributed by atoms with Crippen LogP contribution in [0.25, 0.3) is 11.1 Å². The highest BCUT2D eigenvalue weighted by Gasteiger charge is 2.12. The zero-order chi connectivity index (χ0) is 18.1. The average Bonchev–Trinajstić information content (AvgIpc) is 2.60. The summed E-state index contributed by atoms with van der Waals surface area (Å²) in [6.07, 6.45) is 0. The van der Waals surface area contributed by atoms with Crippen LogP contribution in [0.3, 0.4) is 0 Å². The lowest BCUT2D eigenvalue weighted by Gasteiger charge is -2.10. The number of pyridine rings is 1. The van der Waals surface area contributed by atoms with Gasteiger partial charge in [-0.3, -0.25) is 4.79 Å². The zero-order valence-electron chi connectivity index (χ0n) is 13.9. The molecule has 0 bridgehead atoms. The Balaban J connectivity index is 0.000000648. The number of ether oxygens (including phenoxy) is 2. The smallest absolute Gasteiger partial charge is 0.356 e. The molecule has 128 valence electrons. The van der Waals surface area contributed by atoms with E-state index < -0.39 is 5.97 Å². The van der Waals surface area contributed by atoms with Crippen molar-refractivity contribution in [2.24, 2.45) is 0 Å². The molecule has 0 aliphatic heterocycles. The van der Waals surface area contributed by atoms with Gasteiger partial charge >= 0.3 is 5.97 Å².